The minimum absolute atomic E-state index is 0.302. The van der Waals surface area contributed by atoms with Crippen LogP contribution < -0.4 is 5.49 Å². The third-order valence-electron chi connectivity index (χ3n) is 4.35. The fourth-order valence-corrected chi connectivity index (χ4v) is 2.76. The summed E-state index contributed by atoms with van der Waals surface area (Å²) in [6.45, 7) is 0.679. The molecule has 0 radical (unpaired) electrons. The van der Waals surface area contributed by atoms with Crippen molar-refractivity contribution in [1.29, 1.82) is 0 Å². The normalized spacial score (nSPS) is 15.9. The number of amides is 1. The number of nitrogens with zero attached hydrogens (tertiary/aromatic N) is 2. The summed E-state index contributed by atoms with van der Waals surface area (Å²) in [5, 5.41) is 0. The number of hydrogen-bond acceptors (Lipinski definition) is 1. The summed E-state index contributed by atoms with van der Waals surface area (Å²) in [6.07, 6.45) is 0.248. The average Bonchev–Trinajstić information content (AvgIpc) is 2.51. The molecule has 1 aromatic heterocycles. The molecule has 0 bridgehead atoms. The van der Waals surface area contributed by atoms with Gasteiger partial charge < -0.3 is 4.57 Å². The Morgan fingerprint density at radius 2 is 1.92 bits per heavy atom. The number of carbonyl (C=O) groups excluding carboxylic acids is 1. The first-order chi connectivity index (χ1) is 11.9. The van der Waals surface area contributed by atoms with E-state index in [9.17, 15) is 22.4 Å². The maximum absolute atomic E-state index is 14.1. The van der Waals surface area contributed by atoms with Crippen molar-refractivity contribution < 1.29 is 22.4 Å². The fourth-order valence-electron chi connectivity index (χ4n) is 2.76. The second-order valence-electron chi connectivity index (χ2n) is 6.09. The van der Waals surface area contributed by atoms with E-state index < -0.39 is 29.0 Å². The maximum atomic E-state index is 14.1. The second kappa shape index (κ2) is 6.82. The van der Waals surface area contributed by atoms with Gasteiger partial charge in [-0.05, 0) is 43.0 Å². The summed E-state index contributed by atoms with van der Waals surface area (Å²) < 4.78 is 54.2. The molecular weight excluding hydrogens is 336 g/mol. The Labute approximate surface area is 141 Å². The van der Waals surface area contributed by atoms with E-state index in [1.807, 2.05) is 0 Å². The van der Waals surface area contributed by atoms with E-state index in [1.165, 1.54) is 6.42 Å². The lowest BCUT2D eigenvalue weighted by atomic mass is 9.85. The minimum atomic E-state index is -4.86. The molecule has 0 spiro atoms. The highest BCUT2D eigenvalue weighted by Crippen LogP contribution is 2.32. The second-order valence-corrected chi connectivity index (χ2v) is 6.09. The standard InChI is InChI=1S/C18H16F4N2O/c19-16-13(7-4-8-14(16)18(20,21)22)17(25)23-15-9-1-2-10-24(15)11-12-5-3-6-12/h1-2,4,7-10,12H,3,5-6,11H2/b23-15+. The summed E-state index contributed by atoms with van der Waals surface area (Å²) in [5.74, 6) is -2.12. The molecule has 1 aliphatic rings. The van der Waals surface area contributed by atoms with Crippen molar-refractivity contribution in [1.82, 2.24) is 4.57 Å². The lowest BCUT2D eigenvalue weighted by Crippen LogP contribution is -2.27. The number of carbonyl (C=O) groups is 1. The number of rotatable bonds is 3. The smallest absolute Gasteiger partial charge is 0.333 e. The molecule has 7 heteroatoms. The number of benzene rings is 1. The van der Waals surface area contributed by atoms with Crippen LogP contribution >= 0.6 is 0 Å². The van der Waals surface area contributed by atoms with Gasteiger partial charge >= 0.3 is 6.18 Å². The van der Waals surface area contributed by atoms with Gasteiger partial charge in [-0.2, -0.15) is 18.2 Å². The molecule has 0 atom stereocenters. The first-order valence-corrected chi connectivity index (χ1v) is 7.96. The monoisotopic (exact) mass is 352 g/mol. The van der Waals surface area contributed by atoms with Crippen LogP contribution in [0.2, 0.25) is 0 Å². The average molecular weight is 352 g/mol. The van der Waals surface area contributed by atoms with Crippen LogP contribution in [0.25, 0.3) is 0 Å². The Balaban J connectivity index is 1.96. The Hall–Kier alpha value is -2.44. The zero-order valence-electron chi connectivity index (χ0n) is 13.3. The molecule has 0 aliphatic heterocycles. The Bertz CT molecular complexity index is 851. The summed E-state index contributed by atoms with van der Waals surface area (Å²) in [6, 6.07) is 7.66. The van der Waals surface area contributed by atoms with Crippen LogP contribution in [0, 0.1) is 11.7 Å². The lowest BCUT2D eigenvalue weighted by molar-refractivity contribution is -0.140. The van der Waals surface area contributed by atoms with Gasteiger partial charge in [0.15, 0.2) is 0 Å². The first kappa shape index (κ1) is 17.4. The molecule has 3 nitrogen and oxygen atoms in total. The van der Waals surface area contributed by atoms with Gasteiger partial charge in [0.05, 0.1) is 11.1 Å². The van der Waals surface area contributed by atoms with Gasteiger partial charge in [0, 0.05) is 12.7 Å². The van der Waals surface area contributed by atoms with Crippen LogP contribution in [0.1, 0.15) is 35.2 Å². The van der Waals surface area contributed by atoms with Gasteiger partial charge in [0.25, 0.3) is 5.91 Å². The number of aromatic nitrogens is 1. The summed E-state index contributed by atoms with van der Waals surface area (Å²) >= 11 is 0. The SMILES string of the molecule is O=C(/N=c1\ccccn1CC1CCC1)c1cccc(C(F)(F)F)c1F. The van der Waals surface area contributed by atoms with Crippen molar-refractivity contribution in [3.8, 4) is 0 Å². The Morgan fingerprint density at radius 3 is 2.56 bits per heavy atom. The van der Waals surface area contributed by atoms with Crippen molar-refractivity contribution in [2.45, 2.75) is 32.0 Å². The molecule has 2 aromatic rings. The topological polar surface area (TPSA) is 34.4 Å². The summed E-state index contributed by atoms with van der Waals surface area (Å²) in [7, 11) is 0. The van der Waals surface area contributed by atoms with E-state index in [2.05, 4.69) is 4.99 Å². The Morgan fingerprint density at radius 1 is 1.16 bits per heavy atom. The molecule has 0 unspecified atom stereocenters. The first-order valence-electron chi connectivity index (χ1n) is 7.96. The van der Waals surface area contributed by atoms with Crippen LogP contribution in [-0.2, 0) is 12.7 Å². The van der Waals surface area contributed by atoms with Gasteiger partial charge in [0.2, 0.25) is 0 Å². The van der Waals surface area contributed by atoms with Crippen LogP contribution in [-0.4, -0.2) is 10.5 Å². The summed E-state index contributed by atoms with van der Waals surface area (Å²) in [4.78, 5) is 16.1. The van der Waals surface area contributed by atoms with E-state index in [0.717, 1.165) is 25.0 Å². The highest BCUT2D eigenvalue weighted by atomic mass is 19.4. The van der Waals surface area contributed by atoms with Crippen molar-refractivity contribution >= 4 is 5.91 Å². The number of pyridine rings is 1. The molecule has 1 aromatic carbocycles. The van der Waals surface area contributed by atoms with Crippen molar-refractivity contribution in [3.63, 3.8) is 0 Å². The van der Waals surface area contributed by atoms with Gasteiger partial charge in [-0.3, -0.25) is 4.79 Å². The van der Waals surface area contributed by atoms with E-state index in [4.69, 9.17) is 0 Å². The van der Waals surface area contributed by atoms with Crippen LogP contribution in [0.15, 0.2) is 47.6 Å². The molecule has 1 saturated carbocycles. The Kier molecular flexibility index (Phi) is 4.74. The van der Waals surface area contributed by atoms with E-state index in [-0.39, 0.29) is 0 Å². The molecule has 132 valence electrons. The quantitative estimate of drug-likeness (QED) is 0.763. The van der Waals surface area contributed by atoms with Gasteiger partial charge in [-0.15, -0.1) is 0 Å². The highest BCUT2D eigenvalue weighted by molar-refractivity contribution is 5.95. The lowest BCUT2D eigenvalue weighted by Gasteiger charge is -2.26. The van der Waals surface area contributed by atoms with Gasteiger partial charge in [0.1, 0.15) is 11.3 Å². The largest absolute Gasteiger partial charge is 0.419 e. The number of alkyl halides is 3. The van der Waals surface area contributed by atoms with Gasteiger partial charge in [-0.25, -0.2) is 4.39 Å². The summed E-state index contributed by atoms with van der Waals surface area (Å²) in [5.41, 5.74) is -1.85. The van der Waals surface area contributed by atoms with Crippen LogP contribution in [0.4, 0.5) is 17.6 Å². The number of hydrogen-bond donors (Lipinski definition) is 0. The van der Waals surface area contributed by atoms with Gasteiger partial charge in [-0.1, -0.05) is 18.6 Å². The van der Waals surface area contributed by atoms with E-state index in [1.54, 1.807) is 29.0 Å². The van der Waals surface area contributed by atoms with Crippen LogP contribution in [0.5, 0.6) is 0 Å². The molecule has 25 heavy (non-hydrogen) atoms. The molecular formula is C18H16F4N2O. The molecule has 3 rings (SSSR count). The highest BCUT2D eigenvalue weighted by Gasteiger charge is 2.35. The predicted molar refractivity (Wildman–Crippen MR) is 83.1 cm³/mol. The zero-order chi connectivity index (χ0) is 18.0. The molecule has 1 fully saturated rings. The van der Waals surface area contributed by atoms with Crippen molar-refractivity contribution in [2.75, 3.05) is 0 Å². The van der Waals surface area contributed by atoms with Crippen molar-refractivity contribution in [2.24, 2.45) is 10.9 Å². The molecule has 0 saturated heterocycles. The predicted octanol–water partition coefficient (Wildman–Crippen LogP) is 4.19. The fraction of sp³-hybridized carbons (Fsp3) is 0.333. The molecule has 1 heterocycles. The van der Waals surface area contributed by atoms with Crippen molar-refractivity contribution in [3.05, 3.63) is 65.0 Å². The minimum Gasteiger partial charge on any atom is -0.333 e. The van der Waals surface area contributed by atoms with E-state index in [0.29, 0.717) is 24.0 Å². The number of halogens is 4. The third-order valence-corrected chi connectivity index (χ3v) is 4.35. The third kappa shape index (κ3) is 3.81. The molecule has 1 amide bonds. The maximum Gasteiger partial charge on any atom is 0.419 e. The molecule has 0 N–H and O–H groups in total. The van der Waals surface area contributed by atoms with Crippen LogP contribution in [0.3, 0.4) is 0 Å². The molecule has 1 aliphatic carbocycles. The van der Waals surface area contributed by atoms with E-state index >= 15 is 0 Å². The zero-order valence-corrected chi connectivity index (χ0v) is 13.3.